The Morgan fingerprint density at radius 2 is 1.70 bits per heavy atom. The molecule has 0 aromatic rings. The van der Waals surface area contributed by atoms with E-state index in [1.165, 1.54) is 0 Å². The van der Waals surface area contributed by atoms with Crippen molar-refractivity contribution in [2.75, 3.05) is 59.1 Å². The van der Waals surface area contributed by atoms with Crippen LogP contribution in [-0.2, 0) is 14.8 Å². The Kier molecular flexibility index (Phi) is 5.22. The number of amides is 3. The number of nitrogens with zero attached hydrogens (tertiary/aromatic N) is 4. The van der Waals surface area contributed by atoms with Crippen LogP contribution in [0.1, 0.15) is 33.1 Å². The van der Waals surface area contributed by atoms with E-state index in [-0.39, 0.29) is 23.1 Å². The van der Waals surface area contributed by atoms with Crippen LogP contribution >= 0.6 is 0 Å². The average molecular weight is 401 g/mol. The van der Waals surface area contributed by atoms with E-state index in [0.717, 1.165) is 13.0 Å². The second-order valence-electron chi connectivity index (χ2n) is 8.33. The van der Waals surface area contributed by atoms with Gasteiger partial charge in [0.1, 0.15) is 0 Å². The fourth-order valence-electron chi connectivity index (χ4n) is 5.27. The fourth-order valence-corrected chi connectivity index (χ4v) is 6.38. The summed E-state index contributed by atoms with van der Waals surface area (Å²) < 4.78 is 26.1. The Bertz CT molecular complexity index is 715. The van der Waals surface area contributed by atoms with Crippen LogP contribution in [0.5, 0.6) is 0 Å². The highest BCUT2D eigenvalue weighted by Crippen LogP contribution is 2.58. The van der Waals surface area contributed by atoms with Crippen molar-refractivity contribution in [2.45, 2.75) is 33.1 Å². The van der Waals surface area contributed by atoms with Crippen LogP contribution in [0.2, 0.25) is 0 Å². The van der Waals surface area contributed by atoms with Gasteiger partial charge in [-0.25, -0.2) is 17.5 Å². The van der Waals surface area contributed by atoms with Crippen LogP contribution in [0, 0.1) is 10.8 Å². The lowest BCUT2D eigenvalue weighted by Crippen LogP contribution is -2.53. The molecular formula is C18H32N4O4S. The summed E-state index contributed by atoms with van der Waals surface area (Å²) in [6.45, 7) is 6.88. The molecule has 3 aliphatic rings. The summed E-state index contributed by atoms with van der Waals surface area (Å²) in [7, 11) is 0.229. The normalized spacial score (nSPS) is 28.5. The minimum Gasteiger partial charge on any atom is -0.342 e. The van der Waals surface area contributed by atoms with Crippen molar-refractivity contribution in [3.63, 3.8) is 0 Å². The summed E-state index contributed by atoms with van der Waals surface area (Å²) in [5, 5.41) is 0. The first-order valence-corrected chi connectivity index (χ1v) is 11.5. The van der Waals surface area contributed by atoms with Crippen LogP contribution in [0.25, 0.3) is 0 Å². The van der Waals surface area contributed by atoms with Crippen molar-refractivity contribution in [1.29, 1.82) is 0 Å². The van der Waals surface area contributed by atoms with Crippen molar-refractivity contribution >= 4 is 22.0 Å². The number of hydrogen-bond acceptors (Lipinski definition) is 4. The van der Waals surface area contributed by atoms with Gasteiger partial charge in [-0.15, -0.1) is 0 Å². The van der Waals surface area contributed by atoms with Crippen LogP contribution in [0.3, 0.4) is 0 Å². The molecule has 0 radical (unpaired) electrons. The number of rotatable bonds is 3. The molecule has 3 aliphatic heterocycles. The van der Waals surface area contributed by atoms with Gasteiger partial charge in [0.15, 0.2) is 0 Å². The van der Waals surface area contributed by atoms with Gasteiger partial charge in [0.25, 0.3) is 0 Å². The van der Waals surface area contributed by atoms with E-state index < -0.39 is 15.4 Å². The number of carbonyl (C=O) groups excluding carboxylic acids is 2. The zero-order valence-electron chi connectivity index (χ0n) is 16.9. The molecule has 3 amide bonds. The van der Waals surface area contributed by atoms with Gasteiger partial charge in [0, 0.05) is 58.8 Å². The summed E-state index contributed by atoms with van der Waals surface area (Å²) in [6.07, 6.45) is 2.01. The van der Waals surface area contributed by atoms with Crippen LogP contribution in [0.4, 0.5) is 4.79 Å². The maximum Gasteiger partial charge on any atom is 0.319 e. The van der Waals surface area contributed by atoms with Crippen molar-refractivity contribution < 1.29 is 18.0 Å². The van der Waals surface area contributed by atoms with Gasteiger partial charge < -0.3 is 14.7 Å². The van der Waals surface area contributed by atoms with Crippen molar-refractivity contribution in [3.8, 4) is 0 Å². The molecule has 1 atom stereocenters. The molecule has 0 aromatic carbocycles. The number of likely N-dealkylation sites (tertiary alicyclic amines) is 2. The first-order chi connectivity index (χ1) is 12.6. The van der Waals surface area contributed by atoms with E-state index in [9.17, 15) is 18.0 Å². The minimum absolute atomic E-state index is 0.0717. The number of hydrogen-bond donors (Lipinski definition) is 0. The SMILES string of the molecule is CCN1CCC2(CN(C(=O)N(C)C)CC23CCN(S(=O)(=O)CC)CC3)C1=O. The highest BCUT2D eigenvalue weighted by atomic mass is 32.2. The average Bonchev–Trinajstić information content (AvgIpc) is 3.14. The molecule has 27 heavy (non-hydrogen) atoms. The third kappa shape index (κ3) is 3.03. The lowest BCUT2D eigenvalue weighted by Gasteiger charge is -2.46. The van der Waals surface area contributed by atoms with Crippen LogP contribution in [-0.4, -0.2) is 98.5 Å². The third-order valence-corrected chi connectivity index (χ3v) is 8.83. The number of carbonyl (C=O) groups is 2. The van der Waals surface area contributed by atoms with Gasteiger partial charge in [-0.1, -0.05) is 0 Å². The lowest BCUT2D eigenvalue weighted by atomic mass is 9.60. The number of sulfonamides is 1. The predicted octanol–water partition coefficient (Wildman–Crippen LogP) is 0.654. The molecule has 154 valence electrons. The maximum absolute atomic E-state index is 13.3. The molecule has 0 bridgehead atoms. The zero-order valence-corrected chi connectivity index (χ0v) is 17.7. The Morgan fingerprint density at radius 3 is 2.19 bits per heavy atom. The van der Waals surface area contributed by atoms with Gasteiger partial charge in [0.05, 0.1) is 11.2 Å². The molecule has 0 aromatic heterocycles. The van der Waals surface area contributed by atoms with Gasteiger partial charge in [-0.2, -0.15) is 0 Å². The largest absolute Gasteiger partial charge is 0.342 e. The second-order valence-corrected chi connectivity index (χ2v) is 10.6. The number of piperidine rings is 1. The second kappa shape index (κ2) is 6.92. The molecule has 8 nitrogen and oxygen atoms in total. The molecule has 3 fully saturated rings. The maximum atomic E-state index is 13.3. The molecule has 3 heterocycles. The number of fused-ring (bicyclic) bond motifs is 1. The summed E-state index contributed by atoms with van der Waals surface area (Å²) in [6, 6.07) is -0.0717. The summed E-state index contributed by atoms with van der Waals surface area (Å²) in [5.74, 6) is 0.240. The van der Waals surface area contributed by atoms with E-state index in [0.29, 0.717) is 45.6 Å². The Labute approximate surface area is 162 Å². The van der Waals surface area contributed by atoms with E-state index >= 15 is 0 Å². The molecule has 3 saturated heterocycles. The van der Waals surface area contributed by atoms with Crippen LogP contribution in [0.15, 0.2) is 0 Å². The minimum atomic E-state index is -3.23. The first-order valence-electron chi connectivity index (χ1n) is 9.86. The third-order valence-electron chi connectivity index (χ3n) is 6.95. The summed E-state index contributed by atoms with van der Waals surface area (Å²) in [4.78, 5) is 31.3. The number of urea groups is 1. The fraction of sp³-hybridized carbons (Fsp3) is 0.889. The molecule has 0 aliphatic carbocycles. The predicted molar refractivity (Wildman–Crippen MR) is 103 cm³/mol. The first kappa shape index (κ1) is 20.4. The zero-order chi connectivity index (χ0) is 20.0. The van der Waals surface area contributed by atoms with E-state index in [2.05, 4.69) is 0 Å². The molecular weight excluding hydrogens is 368 g/mol. The van der Waals surface area contributed by atoms with Crippen molar-refractivity contribution in [1.82, 2.24) is 19.0 Å². The standard InChI is InChI=1S/C18H32N4O4S/c1-5-20-10-9-18(15(20)23)14-21(16(24)19(3)4)13-17(18)7-11-22(12-8-17)27(25,26)6-2/h5-14H2,1-4H3. The highest BCUT2D eigenvalue weighted by Gasteiger charge is 2.66. The van der Waals surface area contributed by atoms with E-state index in [1.54, 1.807) is 35.1 Å². The highest BCUT2D eigenvalue weighted by molar-refractivity contribution is 7.89. The Balaban J connectivity index is 1.92. The topological polar surface area (TPSA) is 81.2 Å². The molecule has 0 N–H and O–H groups in total. The summed E-state index contributed by atoms with van der Waals surface area (Å²) in [5.41, 5.74) is -0.907. The van der Waals surface area contributed by atoms with E-state index in [1.807, 2.05) is 11.8 Å². The lowest BCUT2D eigenvalue weighted by molar-refractivity contribution is -0.141. The van der Waals surface area contributed by atoms with Crippen molar-refractivity contribution in [2.24, 2.45) is 10.8 Å². The molecule has 3 rings (SSSR count). The van der Waals surface area contributed by atoms with Crippen LogP contribution < -0.4 is 0 Å². The monoisotopic (exact) mass is 400 g/mol. The van der Waals surface area contributed by atoms with Gasteiger partial charge >= 0.3 is 6.03 Å². The molecule has 2 spiro atoms. The summed E-state index contributed by atoms with van der Waals surface area (Å²) >= 11 is 0. The van der Waals surface area contributed by atoms with E-state index in [4.69, 9.17) is 0 Å². The van der Waals surface area contributed by atoms with Gasteiger partial charge in [0.2, 0.25) is 15.9 Å². The molecule has 1 unspecified atom stereocenters. The molecule has 9 heteroatoms. The quantitative estimate of drug-likeness (QED) is 0.697. The Morgan fingerprint density at radius 1 is 1.07 bits per heavy atom. The smallest absolute Gasteiger partial charge is 0.319 e. The van der Waals surface area contributed by atoms with Gasteiger partial charge in [-0.05, 0) is 33.1 Å². The van der Waals surface area contributed by atoms with Crippen molar-refractivity contribution in [3.05, 3.63) is 0 Å². The molecule has 0 saturated carbocycles. The van der Waals surface area contributed by atoms with Gasteiger partial charge in [-0.3, -0.25) is 4.79 Å². The Hall–Kier alpha value is -1.35.